The SMILES string of the molecule is CCCCC(=O)N1CCN(Cc2nc3ccccc3n2C)CC1. The molecule has 124 valence electrons. The zero-order valence-electron chi connectivity index (χ0n) is 14.2. The molecule has 5 heteroatoms. The second-order valence-electron chi connectivity index (χ2n) is 6.34. The molecule has 3 rings (SSSR count). The molecule has 1 aliphatic heterocycles. The lowest BCUT2D eigenvalue weighted by Crippen LogP contribution is -2.48. The van der Waals surface area contributed by atoms with Crippen LogP contribution in [0.25, 0.3) is 11.0 Å². The van der Waals surface area contributed by atoms with Crippen molar-refractivity contribution in [2.75, 3.05) is 26.2 Å². The fourth-order valence-electron chi connectivity index (χ4n) is 3.18. The molecule has 23 heavy (non-hydrogen) atoms. The van der Waals surface area contributed by atoms with E-state index in [9.17, 15) is 4.79 Å². The van der Waals surface area contributed by atoms with Crippen molar-refractivity contribution in [3.63, 3.8) is 0 Å². The Labute approximate surface area is 137 Å². The average Bonchev–Trinajstić information content (AvgIpc) is 2.90. The highest BCUT2D eigenvalue weighted by atomic mass is 16.2. The van der Waals surface area contributed by atoms with Gasteiger partial charge in [0.15, 0.2) is 0 Å². The van der Waals surface area contributed by atoms with Crippen LogP contribution in [-0.4, -0.2) is 51.4 Å². The van der Waals surface area contributed by atoms with Gasteiger partial charge in [-0.2, -0.15) is 0 Å². The Kier molecular flexibility index (Phi) is 4.96. The number of amides is 1. The Morgan fingerprint density at radius 2 is 1.91 bits per heavy atom. The highest BCUT2D eigenvalue weighted by Gasteiger charge is 2.21. The summed E-state index contributed by atoms with van der Waals surface area (Å²) in [6.07, 6.45) is 2.78. The van der Waals surface area contributed by atoms with Gasteiger partial charge in [0.1, 0.15) is 5.82 Å². The van der Waals surface area contributed by atoms with E-state index in [1.807, 2.05) is 11.0 Å². The van der Waals surface area contributed by atoms with Gasteiger partial charge in [-0.1, -0.05) is 25.5 Å². The van der Waals surface area contributed by atoms with Crippen LogP contribution in [-0.2, 0) is 18.4 Å². The van der Waals surface area contributed by atoms with Crippen molar-refractivity contribution in [3.8, 4) is 0 Å². The maximum absolute atomic E-state index is 12.1. The number of piperazine rings is 1. The van der Waals surface area contributed by atoms with E-state index in [-0.39, 0.29) is 0 Å². The number of hydrogen-bond donors (Lipinski definition) is 0. The summed E-state index contributed by atoms with van der Waals surface area (Å²) in [4.78, 5) is 21.2. The summed E-state index contributed by atoms with van der Waals surface area (Å²) in [5.74, 6) is 1.41. The van der Waals surface area contributed by atoms with E-state index < -0.39 is 0 Å². The van der Waals surface area contributed by atoms with Crippen LogP contribution in [0, 0.1) is 0 Å². The first-order valence-corrected chi connectivity index (χ1v) is 8.59. The number of aryl methyl sites for hydroxylation is 1. The van der Waals surface area contributed by atoms with Crippen LogP contribution in [0.5, 0.6) is 0 Å². The molecule has 0 N–H and O–H groups in total. The molecule has 1 aromatic carbocycles. The number of para-hydroxylation sites is 2. The molecule has 5 nitrogen and oxygen atoms in total. The maximum Gasteiger partial charge on any atom is 0.222 e. The van der Waals surface area contributed by atoms with Gasteiger partial charge < -0.3 is 9.47 Å². The topological polar surface area (TPSA) is 41.4 Å². The molecule has 0 atom stereocenters. The number of imidazole rings is 1. The lowest BCUT2D eigenvalue weighted by Gasteiger charge is -2.34. The van der Waals surface area contributed by atoms with Crippen LogP contribution in [0.15, 0.2) is 24.3 Å². The second kappa shape index (κ2) is 7.13. The van der Waals surface area contributed by atoms with Crippen molar-refractivity contribution in [2.45, 2.75) is 32.7 Å². The molecule has 2 aromatic rings. The van der Waals surface area contributed by atoms with Gasteiger partial charge in [0, 0.05) is 39.6 Å². The average molecular weight is 314 g/mol. The number of fused-ring (bicyclic) bond motifs is 1. The minimum absolute atomic E-state index is 0.314. The van der Waals surface area contributed by atoms with Crippen molar-refractivity contribution in [3.05, 3.63) is 30.1 Å². The summed E-state index contributed by atoms with van der Waals surface area (Å²) >= 11 is 0. The van der Waals surface area contributed by atoms with Crippen LogP contribution in [0.2, 0.25) is 0 Å². The van der Waals surface area contributed by atoms with Crippen LogP contribution >= 0.6 is 0 Å². The fraction of sp³-hybridized carbons (Fsp3) is 0.556. The molecule has 1 aliphatic rings. The van der Waals surface area contributed by atoms with Crippen molar-refractivity contribution in [1.29, 1.82) is 0 Å². The van der Waals surface area contributed by atoms with Crippen LogP contribution < -0.4 is 0 Å². The van der Waals surface area contributed by atoms with E-state index in [0.29, 0.717) is 12.3 Å². The van der Waals surface area contributed by atoms with Crippen LogP contribution in [0.1, 0.15) is 32.0 Å². The molecular weight excluding hydrogens is 288 g/mol. The summed E-state index contributed by atoms with van der Waals surface area (Å²) < 4.78 is 2.17. The minimum atomic E-state index is 0.314. The molecule has 0 radical (unpaired) electrons. The Balaban J connectivity index is 1.58. The van der Waals surface area contributed by atoms with Gasteiger partial charge in [0.2, 0.25) is 5.91 Å². The third kappa shape index (κ3) is 3.55. The third-order valence-corrected chi connectivity index (χ3v) is 4.71. The fourth-order valence-corrected chi connectivity index (χ4v) is 3.18. The Bertz CT molecular complexity index is 671. The lowest BCUT2D eigenvalue weighted by atomic mass is 10.2. The lowest BCUT2D eigenvalue weighted by molar-refractivity contribution is -0.133. The van der Waals surface area contributed by atoms with E-state index >= 15 is 0 Å². The number of nitrogens with zero attached hydrogens (tertiary/aromatic N) is 4. The number of aromatic nitrogens is 2. The van der Waals surface area contributed by atoms with Gasteiger partial charge in [-0.05, 0) is 18.6 Å². The van der Waals surface area contributed by atoms with Crippen molar-refractivity contribution >= 4 is 16.9 Å². The normalized spacial score (nSPS) is 16.2. The highest BCUT2D eigenvalue weighted by molar-refractivity contribution is 5.76. The van der Waals surface area contributed by atoms with Gasteiger partial charge in [-0.15, -0.1) is 0 Å². The molecule has 2 heterocycles. The first-order valence-electron chi connectivity index (χ1n) is 8.59. The third-order valence-electron chi connectivity index (χ3n) is 4.71. The van der Waals surface area contributed by atoms with Gasteiger partial charge >= 0.3 is 0 Å². The second-order valence-corrected chi connectivity index (χ2v) is 6.34. The number of benzene rings is 1. The van der Waals surface area contributed by atoms with E-state index in [1.54, 1.807) is 0 Å². The number of unbranched alkanes of at least 4 members (excludes halogenated alkanes) is 1. The van der Waals surface area contributed by atoms with Crippen molar-refractivity contribution in [1.82, 2.24) is 19.4 Å². The van der Waals surface area contributed by atoms with E-state index in [2.05, 4.69) is 41.6 Å². The zero-order valence-corrected chi connectivity index (χ0v) is 14.2. The molecule has 0 saturated carbocycles. The largest absolute Gasteiger partial charge is 0.340 e. The predicted octanol–water partition coefficient (Wildman–Crippen LogP) is 2.41. The van der Waals surface area contributed by atoms with E-state index in [1.165, 1.54) is 5.52 Å². The van der Waals surface area contributed by atoms with E-state index in [4.69, 9.17) is 4.98 Å². The Morgan fingerprint density at radius 3 is 2.61 bits per heavy atom. The molecule has 0 unspecified atom stereocenters. The molecule has 0 aliphatic carbocycles. The zero-order chi connectivity index (χ0) is 16.2. The molecule has 1 aromatic heterocycles. The van der Waals surface area contributed by atoms with Crippen LogP contribution in [0.4, 0.5) is 0 Å². The molecule has 0 spiro atoms. The van der Waals surface area contributed by atoms with Gasteiger partial charge in [0.05, 0.1) is 17.6 Å². The number of rotatable bonds is 5. The first-order chi connectivity index (χ1) is 11.2. The minimum Gasteiger partial charge on any atom is -0.340 e. The molecule has 0 bridgehead atoms. The van der Waals surface area contributed by atoms with E-state index in [0.717, 1.165) is 56.9 Å². The summed E-state index contributed by atoms with van der Waals surface area (Å²) in [5, 5.41) is 0. The van der Waals surface area contributed by atoms with Gasteiger partial charge in [0.25, 0.3) is 0 Å². The standard InChI is InChI=1S/C18H26N4O/c1-3-4-9-18(23)22-12-10-21(11-13-22)14-17-19-15-7-5-6-8-16(15)20(17)2/h5-8H,3-4,9-14H2,1-2H3. The number of carbonyl (C=O) groups is 1. The predicted molar refractivity (Wildman–Crippen MR) is 92.1 cm³/mol. The van der Waals surface area contributed by atoms with Gasteiger partial charge in [-0.25, -0.2) is 4.98 Å². The van der Waals surface area contributed by atoms with Crippen LogP contribution in [0.3, 0.4) is 0 Å². The number of carbonyl (C=O) groups excluding carboxylic acids is 1. The van der Waals surface area contributed by atoms with Gasteiger partial charge in [-0.3, -0.25) is 9.69 Å². The number of hydrogen-bond acceptors (Lipinski definition) is 3. The molecule has 1 fully saturated rings. The molecular formula is C18H26N4O. The molecule has 1 amide bonds. The monoisotopic (exact) mass is 314 g/mol. The Morgan fingerprint density at radius 1 is 1.17 bits per heavy atom. The summed E-state index contributed by atoms with van der Waals surface area (Å²) in [6.45, 7) is 6.52. The summed E-state index contributed by atoms with van der Waals surface area (Å²) in [6, 6.07) is 8.24. The highest BCUT2D eigenvalue weighted by Crippen LogP contribution is 2.16. The quantitative estimate of drug-likeness (QED) is 0.851. The smallest absolute Gasteiger partial charge is 0.222 e. The Hall–Kier alpha value is -1.88. The maximum atomic E-state index is 12.1. The van der Waals surface area contributed by atoms with Crippen molar-refractivity contribution < 1.29 is 4.79 Å². The summed E-state index contributed by atoms with van der Waals surface area (Å²) in [7, 11) is 2.08. The van der Waals surface area contributed by atoms with Crippen molar-refractivity contribution in [2.24, 2.45) is 7.05 Å². The summed E-state index contributed by atoms with van der Waals surface area (Å²) in [5.41, 5.74) is 2.23. The molecule has 1 saturated heterocycles. The first kappa shape index (κ1) is 16.0.